The number of rotatable bonds is 26. The van der Waals surface area contributed by atoms with Crippen LogP contribution in [0.3, 0.4) is 0 Å². The molecule has 31 nitrogen and oxygen atoms in total. The van der Waals surface area contributed by atoms with E-state index in [1.807, 2.05) is 0 Å². The van der Waals surface area contributed by atoms with Crippen LogP contribution in [-0.2, 0) is 61.2 Å². The fourth-order valence-electron chi connectivity index (χ4n) is 9.36. The number of hydrogen-bond donors (Lipinski definition) is 11. The number of anilines is 7. The van der Waals surface area contributed by atoms with Crippen LogP contribution < -0.4 is 59.3 Å². The lowest BCUT2D eigenvalue weighted by Crippen LogP contribution is -2.39. The first-order chi connectivity index (χ1) is 41.5. The third kappa shape index (κ3) is 15.3. The summed E-state index contributed by atoms with van der Waals surface area (Å²) in [5, 5.41) is 24.6. The van der Waals surface area contributed by atoms with Crippen LogP contribution >= 0.6 is 0 Å². The number of carbonyl (C=O) groups is 9. The highest BCUT2D eigenvalue weighted by Crippen LogP contribution is 2.23. The molecule has 0 aliphatic rings. The largest absolute Gasteiger partial charge is 0.351 e. The minimum absolute atomic E-state index is 0.00969. The number of hydrogen-bond acceptors (Lipinski definition) is 14. The number of nitrogens with zero attached hydrogens (tertiary/aromatic N) is 11. The van der Waals surface area contributed by atoms with Crippen molar-refractivity contribution in [2.45, 2.75) is 44.6 Å². The number of unbranched alkanes of at least 4 members (excludes halogenated alkanes) is 4. The number of aryl methyl sites for hydroxylation is 8. The minimum Gasteiger partial charge on any atom is -0.351 e. The van der Waals surface area contributed by atoms with E-state index in [0.29, 0.717) is 41.5 Å². The lowest BCUT2D eigenvalue weighted by molar-refractivity contribution is -0.117. The molecule has 31 heteroatoms. The summed E-state index contributed by atoms with van der Waals surface area (Å²) in [5.74, 6) is -4.47. The van der Waals surface area contributed by atoms with Crippen molar-refractivity contribution in [2.24, 2.45) is 67.8 Å². The van der Waals surface area contributed by atoms with Crippen molar-refractivity contribution in [1.29, 1.82) is 0 Å². The molecule has 8 rings (SSSR count). The van der Waals surface area contributed by atoms with Crippen LogP contribution in [0.4, 0.5) is 40.1 Å². The van der Waals surface area contributed by atoms with Crippen molar-refractivity contribution in [2.75, 3.05) is 56.9 Å². The van der Waals surface area contributed by atoms with Gasteiger partial charge in [0.05, 0.1) is 34.5 Å². The summed E-state index contributed by atoms with van der Waals surface area (Å²) in [6.45, 7) is 1.20. The first kappa shape index (κ1) is 62.2. The molecular formula is C56H70N22O9. The molecule has 0 aromatic carbocycles. The standard InChI is InChI=1S/C56H70N22O9/c1-71-19-18-59-45(71)54(85)70-44-31-78(8)47(68-44)56(87)66-36-23-41(75(5)29-36)52(83)63-33-21-39(73(3)26-33)50(81)61-17-14-37(58)48(79)69-43-30-77(7)46(67-43)55(86)65-35-24-42(76(6)28-35)53(84)64-34-22-40(74(4)27-34)51(82)62-32-20-38(72(2)25-32)49(80)60-16-13-11-9-10-12-15-57/h18-31,37H,9-17,57-58H2,1-8H3,(H,60,80)(H,61,81)(H,62,82)(H,63,83)(H,64,84)(H,65,86)(H,66,87)(H,69,79)(H,70,85)/t37-/m1/s1. The zero-order chi connectivity index (χ0) is 62.8. The Morgan fingerprint density at radius 3 is 1.16 bits per heavy atom. The normalized spacial score (nSPS) is 11.4. The summed E-state index contributed by atoms with van der Waals surface area (Å²) in [5.41, 5.74) is 14.5. The molecule has 0 saturated heterocycles. The Bertz CT molecular complexity index is 3910. The molecule has 13 N–H and O–H groups in total. The molecule has 458 valence electrons. The van der Waals surface area contributed by atoms with Gasteiger partial charge in [0.2, 0.25) is 17.6 Å². The second-order valence-corrected chi connectivity index (χ2v) is 20.8. The van der Waals surface area contributed by atoms with Crippen molar-refractivity contribution < 1.29 is 43.2 Å². The van der Waals surface area contributed by atoms with Gasteiger partial charge in [0.1, 0.15) is 28.5 Å². The van der Waals surface area contributed by atoms with E-state index in [1.165, 1.54) is 88.8 Å². The molecule has 8 aromatic rings. The number of aromatic nitrogens is 11. The summed E-state index contributed by atoms with van der Waals surface area (Å²) < 4.78 is 12.1. The average molecular weight is 1200 g/mol. The van der Waals surface area contributed by atoms with Gasteiger partial charge < -0.3 is 95.9 Å². The molecule has 0 aliphatic carbocycles. The summed E-state index contributed by atoms with van der Waals surface area (Å²) in [6.07, 6.45) is 18.8. The number of carbonyl (C=O) groups excluding carboxylic acids is 9. The molecule has 8 heterocycles. The molecule has 9 amide bonds. The molecule has 0 spiro atoms. The summed E-state index contributed by atoms with van der Waals surface area (Å²) >= 11 is 0. The maximum Gasteiger partial charge on any atom is 0.292 e. The molecule has 8 aromatic heterocycles. The number of nitrogens with two attached hydrogens (primary N) is 2. The summed E-state index contributed by atoms with van der Waals surface area (Å²) in [6, 6.07) is 6.38. The first-order valence-electron chi connectivity index (χ1n) is 27.5. The molecule has 0 unspecified atom stereocenters. The van der Waals surface area contributed by atoms with E-state index in [-0.39, 0.29) is 76.4 Å². The number of nitrogens with one attached hydrogen (secondary N) is 9. The summed E-state index contributed by atoms with van der Waals surface area (Å²) in [4.78, 5) is 131. The third-order valence-corrected chi connectivity index (χ3v) is 13.9. The molecule has 1 atom stereocenters. The van der Waals surface area contributed by atoms with Crippen LogP contribution in [0.2, 0.25) is 0 Å². The molecular weight excluding hydrogens is 1120 g/mol. The number of amides is 9. The van der Waals surface area contributed by atoms with Crippen LogP contribution in [0.25, 0.3) is 0 Å². The first-order valence-corrected chi connectivity index (χ1v) is 27.5. The monoisotopic (exact) mass is 1190 g/mol. The van der Waals surface area contributed by atoms with E-state index in [0.717, 1.165) is 32.1 Å². The zero-order valence-corrected chi connectivity index (χ0v) is 49.3. The van der Waals surface area contributed by atoms with E-state index in [4.69, 9.17) is 11.5 Å². The molecule has 87 heavy (non-hydrogen) atoms. The van der Waals surface area contributed by atoms with Gasteiger partial charge in [0.15, 0.2) is 17.5 Å². The van der Waals surface area contributed by atoms with Gasteiger partial charge in [0.25, 0.3) is 47.3 Å². The lowest BCUT2D eigenvalue weighted by Gasteiger charge is -2.11. The molecule has 0 fully saturated rings. The average Bonchev–Trinajstić information content (AvgIpc) is 4.56. The van der Waals surface area contributed by atoms with Gasteiger partial charge in [-0.15, -0.1) is 0 Å². The van der Waals surface area contributed by atoms with Crippen LogP contribution in [0, 0.1) is 0 Å². The summed E-state index contributed by atoms with van der Waals surface area (Å²) in [7, 11) is 13.0. The maximum atomic E-state index is 13.5. The predicted molar refractivity (Wildman–Crippen MR) is 322 cm³/mol. The van der Waals surface area contributed by atoms with Crippen molar-refractivity contribution in [3.63, 3.8) is 0 Å². The van der Waals surface area contributed by atoms with Gasteiger partial charge in [-0.25, -0.2) is 15.0 Å². The van der Waals surface area contributed by atoms with Crippen LogP contribution in [0.1, 0.15) is 123 Å². The van der Waals surface area contributed by atoms with Crippen LogP contribution in [0.5, 0.6) is 0 Å². The highest BCUT2D eigenvalue weighted by Gasteiger charge is 2.25. The predicted octanol–water partition coefficient (Wildman–Crippen LogP) is 2.82. The number of imidazole rings is 3. The fraction of sp³-hybridized carbons (Fsp3) is 0.321. The van der Waals surface area contributed by atoms with Gasteiger partial charge in [-0.3, -0.25) is 43.2 Å². The third-order valence-electron chi connectivity index (χ3n) is 13.9. The molecule has 0 saturated carbocycles. The van der Waals surface area contributed by atoms with Gasteiger partial charge in [-0.05, 0) is 56.1 Å². The fourth-order valence-corrected chi connectivity index (χ4v) is 9.36. The van der Waals surface area contributed by atoms with Gasteiger partial charge >= 0.3 is 0 Å². The Labute approximate surface area is 498 Å². The zero-order valence-electron chi connectivity index (χ0n) is 49.3. The van der Waals surface area contributed by atoms with Crippen molar-refractivity contribution in [3.8, 4) is 0 Å². The van der Waals surface area contributed by atoms with E-state index in [2.05, 4.69) is 62.8 Å². The second-order valence-electron chi connectivity index (χ2n) is 20.8. The van der Waals surface area contributed by atoms with Crippen molar-refractivity contribution in [1.82, 2.24) is 62.1 Å². The van der Waals surface area contributed by atoms with E-state index in [1.54, 1.807) is 90.2 Å². The van der Waals surface area contributed by atoms with E-state index in [9.17, 15) is 43.2 Å². The topological polar surface area (TPSA) is 392 Å². The van der Waals surface area contributed by atoms with Gasteiger partial charge in [-0.1, -0.05) is 19.3 Å². The van der Waals surface area contributed by atoms with Crippen molar-refractivity contribution >= 4 is 93.2 Å². The van der Waals surface area contributed by atoms with Gasteiger partial charge in [-0.2, -0.15) is 0 Å². The Morgan fingerprint density at radius 2 is 0.759 bits per heavy atom. The Kier molecular flexibility index (Phi) is 19.5. The smallest absolute Gasteiger partial charge is 0.292 e. The molecule has 0 radical (unpaired) electrons. The highest BCUT2D eigenvalue weighted by molar-refractivity contribution is 6.10. The molecule has 0 aliphatic heterocycles. The van der Waals surface area contributed by atoms with Gasteiger partial charge in [0, 0.05) is 125 Å². The Balaban J connectivity index is 0.763. The van der Waals surface area contributed by atoms with Crippen LogP contribution in [0.15, 0.2) is 86.1 Å². The van der Waals surface area contributed by atoms with E-state index >= 15 is 0 Å². The Hall–Kier alpha value is -10.8. The minimum atomic E-state index is -1.10. The maximum absolute atomic E-state index is 13.5. The highest BCUT2D eigenvalue weighted by atomic mass is 16.2. The lowest BCUT2D eigenvalue weighted by atomic mass is 10.1. The van der Waals surface area contributed by atoms with Crippen molar-refractivity contribution in [3.05, 3.63) is 132 Å². The quantitative estimate of drug-likeness (QED) is 0.0348. The second kappa shape index (κ2) is 27.3. The van der Waals surface area contributed by atoms with E-state index < -0.39 is 53.3 Å². The molecule has 0 bridgehead atoms. The van der Waals surface area contributed by atoms with Crippen LogP contribution in [-0.4, -0.2) is 130 Å². The SMILES string of the molecule is Cn1cc(NC(=O)c2cc(NC(=O)c3cc(NC(=O)c4nc(NC(=O)[C@H](N)CCNC(=O)c5cc(NC(=O)c6cc(NC(=O)c7nc(NC(=O)c8nccn8C)cn7C)cn6C)cn5C)cn4C)cn3C)cn2C)cc1C(=O)NCCCCCCCN. The Morgan fingerprint density at radius 1 is 0.402 bits per heavy atom.